The third-order valence-electron chi connectivity index (χ3n) is 5.31. The first-order valence-corrected chi connectivity index (χ1v) is 10.7. The van der Waals surface area contributed by atoms with E-state index in [2.05, 4.69) is 19.2 Å². The Labute approximate surface area is 166 Å². The smallest absolute Gasteiger partial charge is 0.220 e. The maximum atomic E-state index is 12.6. The number of carbonyl (C=O) groups excluding carboxylic acids is 2. The first kappa shape index (κ1) is 22.2. The molecule has 6 nitrogen and oxygen atoms in total. The molecule has 1 unspecified atom stereocenters. The monoisotopic (exact) mass is 386 g/mol. The quantitative estimate of drug-likeness (QED) is 0.422. The fourth-order valence-corrected chi connectivity index (χ4v) is 3.71. The molecule has 158 valence electrons. The maximum absolute atomic E-state index is 12.6. The molecule has 0 saturated heterocycles. The van der Waals surface area contributed by atoms with Gasteiger partial charge in [0, 0.05) is 32.6 Å². The summed E-state index contributed by atoms with van der Waals surface area (Å²) < 4.78 is 18.6. The van der Waals surface area contributed by atoms with E-state index < -0.39 is 0 Å². The van der Waals surface area contributed by atoms with Gasteiger partial charge in [-0.15, -0.1) is 0 Å². The number of nitrogens with two attached hydrogens (primary N) is 1. The van der Waals surface area contributed by atoms with Crippen LogP contribution in [0.15, 0.2) is 0 Å². The maximum Gasteiger partial charge on any atom is 0.220 e. The Morgan fingerprint density at radius 1 is 1.11 bits per heavy atom. The largest absolute Gasteiger partial charge is 0.379 e. The zero-order chi connectivity index (χ0) is 20.7. The molecular weight excluding hydrogens is 344 g/mol. The summed E-state index contributed by atoms with van der Waals surface area (Å²) in [5.74, 6) is -0.350. The van der Waals surface area contributed by atoms with E-state index in [0.717, 1.165) is 57.8 Å². The molecule has 0 aromatic heterocycles. The summed E-state index contributed by atoms with van der Waals surface area (Å²) in [6.07, 6.45) is 9.55. The fraction of sp³-hybridized carbons (Fsp3) is 0.905. The van der Waals surface area contributed by atoms with Crippen molar-refractivity contribution >= 4 is 11.8 Å². The van der Waals surface area contributed by atoms with Crippen LogP contribution in [0.25, 0.3) is 0 Å². The van der Waals surface area contributed by atoms with E-state index in [9.17, 15) is 9.59 Å². The topological polar surface area (TPSA) is 90.7 Å². The Balaban J connectivity index is 2.51. The molecule has 6 heteroatoms. The SMILES string of the molecule is [3H]NC(=O)CC1(CC(=O)NCC(COCCCC)OCCCC)CCCCC1. The molecule has 1 rings (SSSR count). The van der Waals surface area contributed by atoms with Crippen molar-refractivity contribution in [2.45, 2.75) is 90.6 Å². The van der Waals surface area contributed by atoms with E-state index in [-0.39, 0.29) is 29.8 Å². The van der Waals surface area contributed by atoms with Crippen molar-refractivity contribution in [3.8, 4) is 0 Å². The standard InChI is InChI=1S/C21H40N2O4/c1-3-5-12-26-17-18(27-13-6-4-2)16-23-20(25)15-21(14-19(22)24)10-8-7-9-11-21/h18H,3-17H2,1-2H3,(H2,22,24)(H,23,25)/i/hT. The molecule has 2 amide bonds. The van der Waals surface area contributed by atoms with Crippen LogP contribution < -0.4 is 11.0 Å². The lowest BCUT2D eigenvalue weighted by atomic mass is 9.69. The zero-order valence-corrected chi connectivity index (χ0v) is 17.3. The predicted molar refractivity (Wildman–Crippen MR) is 107 cm³/mol. The lowest BCUT2D eigenvalue weighted by Gasteiger charge is -2.36. The number of rotatable bonds is 15. The van der Waals surface area contributed by atoms with Gasteiger partial charge >= 0.3 is 0 Å². The zero-order valence-electron chi connectivity index (χ0n) is 18.3. The van der Waals surface area contributed by atoms with Gasteiger partial charge in [-0.1, -0.05) is 46.0 Å². The Hall–Kier alpha value is -1.14. The highest BCUT2D eigenvalue weighted by Crippen LogP contribution is 2.42. The summed E-state index contributed by atoms with van der Waals surface area (Å²) in [4.78, 5) is 24.4. The first-order chi connectivity index (χ1) is 13.5. The molecule has 1 aliphatic carbocycles. The third-order valence-corrected chi connectivity index (χ3v) is 5.31. The minimum atomic E-state index is -0.316. The molecule has 0 aromatic carbocycles. The molecule has 27 heavy (non-hydrogen) atoms. The number of unbranched alkanes of at least 4 members (excludes halogenated alkanes) is 2. The van der Waals surface area contributed by atoms with Crippen molar-refractivity contribution in [2.75, 3.05) is 26.4 Å². The molecule has 0 aromatic rings. The van der Waals surface area contributed by atoms with Crippen molar-refractivity contribution in [1.82, 2.24) is 5.32 Å². The van der Waals surface area contributed by atoms with Crippen LogP contribution >= 0.6 is 0 Å². The van der Waals surface area contributed by atoms with Crippen LogP contribution in [0.4, 0.5) is 0 Å². The molecule has 0 radical (unpaired) electrons. The molecule has 0 aliphatic heterocycles. The summed E-state index contributed by atoms with van der Waals surface area (Å²) in [5.41, 5.74) is 1.65. The van der Waals surface area contributed by atoms with Gasteiger partial charge in [0.05, 0.1) is 12.7 Å². The van der Waals surface area contributed by atoms with Gasteiger partial charge < -0.3 is 20.5 Å². The highest BCUT2D eigenvalue weighted by molar-refractivity contribution is 5.79. The number of primary amides is 1. The summed E-state index contributed by atoms with van der Waals surface area (Å²) in [6, 6.07) is 0. The van der Waals surface area contributed by atoms with E-state index in [1.54, 1.807) is 0 Å². The van der Waals surface area contributed by atoms with E-state index in [4.69, 9.17) is 10.9 Å². The second-order valence-electron chi connectivity index (χ2n) is 7.92. The highest BCUT2D eigenvalue weighted by Gasteiger charge is 2.35. The number of ether oxygens (including phenoxy) is 2. The van der Waals surface area contributed by atoms with Crippen molar-refractivity contribution < 1.29 is 20.5 Å². The van der Waals surface area contributed by atoms with Crippen LogP contribution in [0.1, 0.15) is 84.5 Å². The lowest BCUT2D eigenvalue weighted by molar-refractivity contribution is -0.127. The van der Waals surface area contributed by atoms with Crippen molar-refractivity contribution in [3.05, 3.63) is 0 Å². The van der Waals surface area contributed by atoms with Crippen LogP contribution in [0, 0.1) is 5.41 Å². The lowest BCUT2D eigenvalue weighted by Crippen LogP contribution is -2.40. The highest BCUT2D eigenvalue weighted by atomic mass is 16.5. The number of nitrogens with one attached hydrogen (secondary N) is 1. The van der Waals surface area contributed by atoms with Gasteiger partial charge in [-0.2, -0.15) is 0 Å². The molecule has 0 bridgehead atoms. The van der Waals surface area contributed by atoms with Crippen LogP contribution in [0.2, 0.25) is 1.41 Å². The molecule has 1 fully saturated rings. The number of hydrogen-bond acceptors (Lipinski definition) is 4. The number of carbonyl (C=O) groups is 2. The average molecular weight is 387 g/mol. The van der Waals surface area contributed by atoms with Crippen LogP contribution in [-0.2, 0) is 19.1 Å². The van der Waals surface area contributed by atoms with Gasteiger partial charge in [-0.3, -0.25) is 9.59 Å². The Morgan fingerprint density at radius 2 is 1.81 bits per heavy atom. The third kappa shape index (κ3) is 10.7. The van der Waals surface area contributed by atoms with E-state index in [0.29, 0.717) is 32.8 Å². The normalized spacial score (nSPS) is 17.8. The van der Waals surface area contributed by atoms with Crippen molar-refractivity contribution in [3.63, 3.8) is 0 Å². The van der Waals surface area contributed by atoms with Crippen LogP contribution in [0.5, 0.6) is 0 Å². The van der Waals surface area contributed by atoms with Gasteiger partial charge in [0.1, 0.15) is 0 Å². The Bertz CT molecular complexity index is 442. The van der Waals surface area contributed by atoms with Gasteiger partial charge in [-0.25, -0.2) is 0 Å². The molecule has 0 heterocycles. The summed E-state index contributed by atoms with van der Waals surface area (Å²) in [6.45, 7) is 6.53. The van der Waals surface area contributed by atoms with Crippen molar-refractivity contribution in [1.29, 1.82) is 0 Å². The molecule has 0 spiro atoms. The Morgan fingerprint density at radius 3 is 2.48 bits per heavy atom. The van der Waals surface area contributed by atoms with E-state index in [1.165, 1.54) is 0 Å². The number of amides is 2. The molecule has 1 atom stereocenters. The van der Waals surface area contributed by atoms with Gasteiger partial charge in [0.15, 0.2) is 1.41 Å². The first-order valence-electron chi connectivity index (χ1n) is 11.2. The van der Waals surface area contributed by atoms with Gasteiger partial charge in [0.25, 0.3) is 0 Å². The van der Waals surface area contributed by atoms with E-state index >= 15 is 0 Å². The molecular formula is C21H40N2O4. The molecule has 3 N–H and O–H groups in total. The average Bonchev–Trinajstić information content (AvgIpc) is 2.69. The molecule has 1 saturated carbocycles. The fourth-order valence-electron chi connectivity index (χ4n) is 3.71. The Kier molecular flexibility index (Phi) is 11.4. The second kappa shape index (κ2) is 13.9. The summed E-state index contributed by atoms with van der Waals surface area (Å²) >= 11 is 0. The van der Waals surface area contributed by atoms with Crippen LogP contribution in [-0.4, -0.2) is 44.3 Å². The molecule has 1 aliphatic rings. The summed E-state index contributed by atoms with van der Waals surface area (Å²) in [5, 5.41) is 2.99. The minimum absolute atomic E-state index is 0.0441. The van der Waals surface area contributed by atoms with E-state index in [1.807, 2.05) is 5.73 Å². The van der Waals surface area contributed by atoms with Crippen LogP contribution in [0.3, 0.4) is 0 Å². The summed E-state index contributed by atoms with van der Waals surface area (Å²) in [7, 11) is 0. The van der Waals surface area contributed by atoms with Crippen molar-refractivity contribution in [2.24, 2.45) is 11.1 Å². The number of hydrogen-bond donors (Lipinski definition) is 2. The van der Waals surface area contributed by atoms with Gasteiger partial charge in [0.2, 0.25) is 11.8 Å². The second-order valence-corrected chi connectivity index (χ2v) is 7.92. The predicted octanol–water partition coefficient (Wildman–Crippen LogP) is 3.32. The van der Waals surface area contributed by atoms with Gasteiger partial charge in [-0.05, 0) is 31.1 Å². The minimum Gasteiger partial charge on any atom is -0.379 e.